The first-order chi connectivity index (χ1) is 14.5. The van der Waals surface area contributed by atoms with Crippen LogP contribution in [-0.2, 0) is 4.79 Å². The van der Waals surface area contributed by atoms with Crippen LogP contribution in [0.25, 0.3) is 0 Å². The number of amides is 1. The number of halogens is 1. The lowest BCUT2D eigenvalue weighted by Crippen LogP contribution is -2.42. The fraction of sp³-hybridized carbons (Fsp3) is 0.391. The molecule has 0 radical (unpaired) electrons. The van der Waals surface area contributed by atoms with Gasteiger partial charge in [-0.25, -0.2) is 0 Å². The first kappa shape index (κ1) is 24.8. The molecule has 1 unspecified atom stereocenters. The summed E-state index contributed by atoms with van der Waals surface area (Å²) in [6.07, 6.45) is 0.781. The normalized spacial score (nSPS) is 14.1. The van der Waals surface area contributed by atoms with Gasteiger partial charge in [-0.15, -0.1) is 24.0 Å². The molecule has 0 aromatic heterocycles. The van der Waals surface area contributed by atoms with Crippen molar-refractivity contribution in [1.29, 1.82) is 0 Å². The van der Waals surface area contributed by atoms with Crippen LogP contribution in [0.1, 0.15) is 30.5 Å². The maximum absolute atomic E-state index is 12.3. The van der Waals surface area contributed by atoms with Gasteiger partial charge in [0.15, 0.2) is 12.6 Å². The van der Waals surface area contributed by atoms with E-state index in [1.807, 2.05) is 36.4 Å². The molecule has 1 heterocycles. The van der Waals surface area contributed by atoms with Crippen molar-refractivity contribution in [3.8, 4) is 11.5 Å². The number of fused-ring (bicyclic) bond motifs is 1. The molecule has 0 saturated heterocycles. The maximum Gasteiger partial charge on any atom is 0.265 e. The molecule has 0 bridgehead atoms. The molecule has 0 saturated carbocycles. The second-order valence-electron chi connectivity index (χ2n) is 7.27. The number of rotatable bonds is 7. The van der Waals surface area contributed by atoms with E-state index in [2.05, 4.69) is 35.5 Å². The number of methoxy groups -OCH3 is 1. The highest BCUT2D eigenvalue weighted by atomic mass is 127. The van der Waals surface area contributed by atoms with E-state index >= 15 is 0 Å². The number of carbonyl (C=O) groups is 1. The molecule has 0 fully saturated rings. The van der Waals surface area contributed by atoms with Gasteiger partial charge in [0.1, 0.15) is 11.5 Å². The topological polar surface area (TPSA) is 75.2 Å². The van der Waals surface area contributed by atoms with Gasteiger partial charge in [-0.2, -0.15) is 0 Å². The minimum absolute atomic E-state index is 0. The zero-order valence-corrected chi connectivity index (χ0v) is 20.8. The third kappa shape index (κ3) is 6.25. The van der Waals surface area contributed by atoms with Crippen molar-refractivity contribution in [2.75, 3.05) is 38.8 Å². The van der Waals surface area contributed by atoms with Crippen molar-refractivity contribution in [2.45, 2.75) is 26.3 Å². The average Bonchev–Trinajstić information content (AvgIpc) is 2.76. The Morgan fingerprint density at radius 2 is 2.06 bits per heavy atom. The number of nitrogens with one attached hydrogen (secondary N) is 2. The van der Waals surface area contributed by atoms with E-state index in [9.17, 15) is 4.79 Å². The zero-order valence-electron chi connectivity index (χ0n) is 18.5. The van der Waals surface area contributed by atoms with E-state index in [-0.39, 0.29) is 42.5 Å². The Bertz CT molecular complexity index is 919. The molecule has 1 amide bonds. The van der Waals surface area contributed by atoms with Crippen LogP contribution >= 0.6 is 24.0 Å². The lowest BCUT2D eigenvalue weighted by molar-refractivity contribution is -0.121. The van der Waals surface area contributed by atoms with Crippen LogP contribution in [0.2, 0.25) is 0 Å². The molecule has 2 aromatic carbocycles. The van der Waals surface area contributed by atoms with Gasteiger partial charge in [-0.3, -0.25) is 9.79 Å². The summed E-state index contributed by atoms with van der Waals surface area (Å²) in [6, 6.07) is 13.8. The highest BCUT2D eigenvalue weighted by Crippen LogP contribution is 2.31. The molecule has 2 aromatic rings. The molecule has 3 rings (SSSR count). The molecule has 0 spiro atoms. The third-order valence-corrected chi connectivity index (χ3v) is 5.09. The monoisotopic (exact) mass is 538 g/mol. The number of carbonyl (C=O) groups excluding carboxylic acids is 1. The van der Waals surface area contributed by atoms with Crippen LogP contribution in [0.5, 0.6) is 11.5 Å². The predicted octanol–water partition coefficient (Wildman–Crippen LogP) is 3.66. The maximum atomic E-state index is 12.3. The van der Waals surface area contributed by atoms with Crippen molar-refractivity contribution >= 4 is 41.5 Å². The van der Waals surface area contributed by atoms with Gasteiger partial charge in [-0.05, 0) is 38.5 Å². The van der Waals surface area contributed by atoms with Crippen LogP contribution in [0.3, 0.4) is 0 Å². The molecule has 168 valence electrons. The Kier molecular flexibility index (Phi) is 9.42. The lowest BCUT2D eigenvalue weighted by atomic mass is 10.0. The number of aliphatic imine (C=N–C) groups is 1. The number of nitrogens with zero attached hydrogens (tertiary/aromatic N) is 2. The summed E-state index contributed by atoms with van der Waals surface area (Å²) in [5.41, 5.74) is 3.09. The van der Waals surface area contributed by atoms with Crippen LogP contribution in [0.15, 0.2) is 47.5 Å². The SMILES string of the molecule is CN=C(NCCCN1C(=O)COc2ccccc21)NC(C)c1cc(C)ccc1OC.I. The zero-order chi connectivity index (χ0) is 21.5. The Morgan fingerprint density at radius 3 is 2.81 bits per heavy atom. The summed E-state index contributed by atoms with van der Waals surface area (Å²) in [5.74, 6) is 2.29. The second kappa shape index (κ2) is 11.8. The Hall–Kier alpha value is -2.49. The van der Waals surface area contributed by atoms with Gasteiger partial charge in [0.25, 0.3) is 5.91 Å². The van der Waals surface area contributed by atoms with Crippen molar-refractivity contribution in [1.82, 2.24) is 10.6 Å². The van der Waals surface area contributed by atoms with E-state index in [1.54, 1.807) is 19.1 Å². The Balaban J connectivity index is 0.00000341. The van der Waals surface area contributed by atoms with E-state index in [4.69, 9.17) is 9.47 Å². The number of anilines is 1. The molecule has 0 aliphatic carbocycles. The molecule has 7 nitrogen and oxygen atoms in total. The van der Waals surface area contributed by atoms with Gasteiger partial charge in [0.05, 0.1) is 18.8 Å². The van der Waals surface area contributed by atoms with Crippen LogP contribution in [0.4, 0.5) is 5.69 Å². The molecular weight excluding hydrogens is 507 g/mol. The Labute approximate surface area is 201 Å². The summed E-state index contributed by atoms with van der Waals surface area (Å²) in [6.45, 7) is 5.53. The molecule has 1 aliphatic rings. The van der Waals surface area contributed by atoms with Gasteiger partial charge < -0.3 is 25.0 Å². The number of benzene rings is 2. The largest absolute Gasteiger partial charge is 0.496 e. The summed E-state index contributed by atoms with van der Waals surface area (Å²) in [7, 11) is 3.43. The number of para-hydroxylation sites is 2. The summed E-state index contributed by atoms with van der Waals surface area (Å²) in [4.78, 5) is 18.4. The average molecular weight is 538 g/mol. The predicted molar refractivity (Wildman–Crippen MR) is 135 cm³/mol. The molecule has 1 aliphatic heterocycles. The quantitative estimate of drug-likeness (QED) is 0.244. The van der Waals surface area contributed by atoms with Gasteiger partial charge in [-0.1, -0.05) is 29.8 Å². The number of ether oxygens (including phenoxy) is 2. The number of guanidine groups is 1. The molecule has 8 heteroatoms. The highest BCUT2D eigenvalue weighted by Gasteiger charge is 2.24. The smallest absolute Gasteiger partial charge is 0.265 e. The van der Waals surface area contributed by atoms with Gasteiger partial charge >= 0.3 is 0 Å². The fourth-order valence-corrected chi connectivity index (χ4v) is 3.51. The van der Waals surface area contributed by atoms with Crippen LogP contribution < -0.4 is 25.0 Å². The standard InChI is InChI=1S/C23H30N4O3.HI/c1-16-10-11-20(29-4)18(14-16)17(2)26-23(24-3)25-12-7-13-27-19-8-5-6-9-21(19)30-15-22(27)28;/h5-6,8-11,14,17H,7,12-13,15H2,1-4H3,(H2,24,25,26);1H. The number of hydrogen-bond acceptors (Lipinski definition) is 4. The molecule has 1 atom stereocenters. The van der Waals surface area contributed by atoms with Crippen LogP contribution in [-0.4, -0.2) is 45.7 Å². The number of hydrogen-bond donors (Lipinski definition) is 2. The molecule has 31 heavy (non-hydrogen) atoms. The van der Waals surface area contributed by atoms with E-state index in [1.165, 1.54) is 5.56 Å². The summed E-state index contributed by atoms with van der Waals surface area (Å²) in [5, 5.41) is 6.74. The van der Waals surface area contributed by atoms with E-state index in [0.29, 0.717) is 19.0 Å². The first-order valence-electron chi connectivity index (χ1n) is 10.2. The van der Waals surface area contributed by atoms with Crippen molar-refractivity contribution in [3.63, 3.8) is 0 Å². The van der Waals surface area contributed by atoms with Crippen molar-refractivity contribution in [3.05, 3.63) is 53.6 Å². The van der Waals surface area contributed by atoms with Crippen LogP contribution in [0, 0.1) is 6.92 Å². The highest BCUT2D eigenvalue weighted by molar-refractivity contribution is 14.0. The van der Waals surface area contributed by atoms with E-state index < -0.39 is 0 Å². The lowest BCUT2D eigenvalue weighted by Gasteiger charge is -2.29. The van der Waals surface area contributed by atoms with Crippen molar-refractivity contribution in [2.24, 2.45) is 4.99 Å². The summed E-state index contributed by atoms with van der Waals surface area (Å²) >= 11 is 0. The molecule has 2 N–H and O–H groups in total. The van der Waals surface area contributed by atoms with E-state index in [0.717, 1.165) is 29.2 Å². The minimum atomic E-state index is -0.0172. The second-order valence-corrected chi connectivity index (χ2v) is 7.27. The van der Waals surface area contributed by atoms with Crippen molar-refractivity contribution < 1.29 is 14.3 Å². The first-order valence-corrected chi connectivity index (χ1v) is 10.2. The minimum Gasteiger partial charge on any atom is -0.496 e. The van der Waals surface area contributed by atoms with Gasteiger partial charge in [0.2, 0.25) is 0 Å². The Morgan fingerprint density at radius 1 is 1.29 bits per heavy atom. The van der Waals surface area contributed by atoms with Gasteiger partial charge in [0, 0.05) is 25.7 Å². The molecular formula is C23H31IN4O3. The number of aryl methyl sites for hydroxylation is 1. The fourth-order valence-electron chi connectivity index (χ4n) is 3.51. The third-order valence-electron chi connectivity index (χ3n) is 5.09. The summed E-state index contributed by atoms with van der Waals surface area (Å²) < 4.78 is 11.0.